The number of rotatable bonds is 6. The van der Waals surface area contributed by atoms with Gasteiger partial charge in [0.2, 0.25) is 0 Å². The van der Waals surface area contributed by atoms with Crippen LogP contribution in [0.2, 0.25) is 0 Å². The van der Waals surface area contributed by atoms with Crippen molar-refractivity contribution in [2.75, 3.05) is 6.54 Å². The second-order valence-electron chi connectivity index (χ2n) is 6.70. The molecule has 0 aliphatic carbocycles. The van der Waals surface area contributed by atoms with Gasteiger partial charge in [-0.1, -0.05) is 29.8 Å². The standard InChI is InChI=1S/C20H31N5.HI/c1-7-21-20(22-13-18-10-8-14(2)9-11-18)23-15(3)12-19-16(4)24-25(6)17(19)5;/h8-11,15H,7,12-13H2,1-6H3,(H2,21,22,23);1H. The first-order valence-electron chi connectivity index (χ1n) is 9.00. The molecule has 0 radical (unpaired) electrons. The second kappa shape index (κ2) is 10.5. The third-order valence-electron chi connectivity index (χ3n) is 4.44. The highest BCUT2D eigenvalue weighted by Crippen LogP contribution is 2.14. The van der Waals surface area contributed by atoms with Gasteiger partial charge >= 0.3 is 0 Å². The zero-order valence-corrected chi connectivity index (χ0v) is 19.1. The van der Waals surface area contributed by atoms with Crippen LogP contribution in [0.5, 0.6) is 0 Å². The molecule has 0 fully saturated rings. The molecule has 0 saturated heterocycles. The van der Waals surface area contributed by atoms with Gasteiger partial charge in [0.1, 0.15) is 0 Å². The highest BCUT2D eigenvalue weighted by atomic mass is 127. The summed E-state index contributed by atoms with van der Waals surface area (Å²) in [7, 11) is 2.00. The smallest absolute Gasteiger partial charge is 0.191 e. The molecule has 2 aromatic rings. The average molecular weight is 469 g/mol. The van der Waals surface area contributed by atoms with Crippen LogP contribution in [0.4, 0.5) is 0 Å². The summed E-state index contributed by atoms with van der Waals surface area (Å²) in [5.74, 6) is 0.856. The zero-order chi connectivity index (χ0) is 18.4. The topological polar surface area (TPSA) is 54.2 Å². The van der Waals surface area contributed by atoms with Crippen LogP contribution in [0.3, 0.4) is 0 Å². The molecule has 26 heavy (non-hydrogen) atoms. The highest BCUT2D eigenvalue weighted by molar-refractivity contribution is 14.0. The predicted octanol–water partition coefficient (Wildman–Crippen LogP) is 3.65. The zero-order valence-electron chi connectivity index (χ0n) is 16.8. The number of benzene rings is 1. The fourth-order valence-electron chi connectivity index (χ4n) is 2.89. The molecule has 0 aliphatic rings. The first kappa shape index (κ1) is 22.5. The monoisotopic (exact) mass is 469 g/mol. The molecule has 1 atom stereocenters. The minimum Gasteiger partial charge on any atom is -0.357 e. The van der Waals surface area contributed by atoms with Crippen LogP contribution in [0.15, 0.2) is 29.3 Å². The number of hydrogen-bond acceptors (Lipinski definition) is 2. The molecule has 6 heteroatoms. The van der Waals surface area contributed by atoms with Gasteiger partial charge in [-0.15, -0.1) is 24.0 Å². The average Bonchev–Trinajstić information content (AvgIpc) is 2.80. The van der Waals surface area contributed by atoms with Gasteiger partial charge in [0.15, 0.2) is 5.96 Å². The quantitative estimate of drug-likeness (QED) is 0.386. The molecule has 1 aromatic heterocycles. The van der Waals surface area contributed by atoms with Crippen molar-refractivity contribution in [3.63, 3.8) is 0 Å². The lowest BCUT2D eigenvalue weighted by Gasteiger charge is -2.18. The van der Waals surface area contributed by atoms with E-state index in [4.69, 9.17) is 4.99 Å². The van der Waals surface area contributed by atoms with Crippen LogP contribution in [0, 0.1) is 20.8 Å². The minimum absolute atomic E-state index is 0. The van der Waals surface area contributed by atoms with Crippen molar-refractivity contribution in [2.24, 2.45) is 12.0 Å². The summed E-state index contributed by atoms with van der Waals surface area (Å²) in [4.78, 5) is 4.72. The van der Waals surface area contributed by atoms with E-state index in [1.165, 1.54) is 22.4 Å². The Bertz CT molecular complexity index is 719. The van der Waals surface area contributed by atoms with E-state index in [2.05, 4.69) is 74.6 Å². The maximum atomic E-state index is 4.72. The van der Waals surface area contributed by atoms with Crippen molar-refractivity contribution >= 4 is 29.9 Å². The van der Waals surface area contributed by atoms with Crippen LogP contribution in [0.1, 0.15) is 41.9 Å². The number of nitrogens with one attached hydrogen (secondary N) is 2. The molecule has 2 rings (SSSR count). The Kier molecular flexibility index (Phi) is 9.12. The van der Waals surface area contributed by atoms with E-state index in [0.717, 1.165) is 24.6 Å². The third-order valence-corrected chi connectivity index (χ3v) is 4.44. The van der Waals surface area contributed by atoms with Crippen LogP contribution < -0.4 is 10.6 Å². The maximum absolute atomic E-state index is 4.72. The normalized spacial score (nSPS) is 12.5. The summed E-state index contributed by atoms with van der Waals surface area (Å²) < 4.78 is 1.95. The molecule has 0 spiro atoms. The Hall–Kier alpha value is -1.57. The largest absolute Gasteiger partial charge is 0.357 e. The number of aliphatic imine (C=N–C) groups is 1. The van der Waals surface area contributed by atoms with E-state index in [1.807, 2.05) is 11.7 Å². The molecule has 0 bridgehead atoms. The van der Waals surface area contributed by atoms with E-state index in [9.17, 15) is 0 Å². The van der Waals surface area contributed by atoms with Gasteiger partial charge in [-0.2, -0.15) is 5.10 Å². The van der Waals surface area contributed by atoms with Crippen LogP contribution in [0.25, 0.3) is 0 Å². The Balaban J connectivity index is 0.00000338. The van der Waals surface area contributed by atoms with Gasteiger partial charge in [-0.05, 0) is 52.2 Å². The van der Waals surface area contributed by atoms with Crippen LogP contribution >= 0.6 is 24.0 Å². The Morgan fingerprint density at radius 2 is 1.85 bits per heavy atom. The number of nitrogens with zero attached hydrogens (tertiary/aromatic N) is 3. The third kappa shape index (κ3) is 6.30. The fraction of sp³-hybridized carbons (Fsp3) is 0.500. The van der Waals surface area contributed by atoms with E-state index in [1.54, 1.807) is 0 Å². The fourth-order valence-corrected chi connectivity index (χ4v) is 2.89. The van der Waals surface area contributed by atoms with Gasteiger partial charge in [0, 0.05) is 25.3 Å². The summed E-state index contributed by atoms with van der Waals surface area (Å²) in [6.07, 6.45) is 0.931. The van der Waals surface area contributed by atoms with Crippen molar-refractivity contribution in [1.82, 2.24) is 20.4 Å². The van der Waals surface area contributed by atoms with E-state index in [0.29, 0.717) is 6.54 Å². The first-order valence-corrected chi connectivity index (χ1v) is 9.00. The molecule has 144 valence electrons. The Morgan fingerprint density at radius 1 is 1.19 bits per heavy atom. The van der Waals surface area contributed by atoms with E-state index < -0.39 is 0 Å². The summed E-state index contributed by atoms with van der Waals surface area (Å²) in [6.45, 7) is 12.1. The van der Waals surface area contributed by atoms with Crippen molar-refractivity contribution in [1.29, 1.82) is 0 Å². The van der Waals surface area contributed by atoms with Crippen molar-refractivity contribution in [2.45, 2.75) is 53.6 Å². The minimum atomic E-state index is 0. The van der Waals surface area contributed by atoms with Gasteiger partial charge in [0.05, 0.1) is 12.2 Å². The molecule has 0 saturated carbocycles. The lowest BCUT2D eigenvalue weighted by Crippen LogP contribution is -2.43. The van der Waals surface area contributed by atoms with Crippen LogP contribution in [-0.4, -0.2) is 28.3 Å². The Morgan fingerprint density at radius 3 is 2.38 bits per heavy atom. The molecular formula is C20H32IN5. The first-order chi connectivity index (χ1) is 11.9. The number of hydrogen-bond donors (Lipinski definition) is 2. The lowest BCUT2D eigenvalue weighted by molar-refractivity contribution is 0.636. The summed E-state index contributed by atoms with van der Waals surface area (Å²) in [5.41, 5.74) is 6.14. The van der Waals surface area contributed by atoms with E-state index in [-0.39, 0.29) is 30.0 Å². The predicted molar refractivity (Wildman–Crippen MR) is 120 cm³/mol. The second-order valence-corrected chi connectivity index (χ2v) is 6.70. The number of aromatic nitrogens is 2. The molecule has 2 N–H and O–H groups in total. The van der Waals surface area contributed by atoms with Crippen LogP contribution in [-0.2, 0) is 20.0 Å². The molecule has 0 amide bonds. The summed E-state index contributed by atoms with van der Waals surface area (Å²) in [5, 5.41) is 11.4. The van der Waals surface area contributed by atoms with Gasteiger partial charge in [0.25, 0.3) is 0 Å². The number of aryl methyl sites for hydroxylation is 3. The van der Waals surface area contributed by atoms with Crippen molar-refractivity contribution in [3.05, 3.63) is 52.3 Å². The summed E-state index contributed by atoms with van der Waals surface area (Å²) in [6, 6.07) is 8.80. The lowest BCUT2D eigenvalue weighted by atomic mass is 10.1. The molecule has 1 unspecified atom stereocenters. The molecule has 1 aromatic carbocycles. The van der Waals surface area contributed by atoms with Gasteiger partial charge < -0.3 is 10.6 Å². The number of halogens is 1. The van der Waals surface area contributed by atoms with Gasteiger partial charge in [-0.25, -0.2) is 4.99 Å². The Labute approximate surface area is 174 Å². The summed E-state index contributed by atoms with van der Waals surface area (Å²) >= 11 is 0. The van der Waals surface area contributed by atoms with E-state index >= 15 is 0 Å². The number of guanidine groups is 1. The maximum Gasteiger partial charge on any atom is 0.191 e. The van der Waals surface area contributed by atoms with Gasteiger partial charge in [-0.3, -0.25) is 4.68 Å². The van der Waals surface area contributed by atoms with Crippen molar-refractivity contribution < 1.29 is 0 Å². The molecule has 0 aliphatic heterocycles. The SMILES string of the molecule is CCNC(=NCc1ccc(C)cc1)NC(C)Cc1c(C)nn(C)c1C.I. The highest BCUT2D eigenvalue weighted by Gasteiger charge is 2.13. The molecule has 5 nitrogen and oxygen atoms in total. The molecule has 1 heterocycles. The van der Waals surface area contributed by atoms with Crippen molar-refractivity contribution in [3.8, 4) is 0 Å². The molecular weight excluding hydrogens is 437 g/mol.